The van der Waals surface area contributed by atoms with Crippen LogP contribution in [0.3, 0.4) is 0 Å². The highest BCUT2D eigenvalue weighted by Gasteiger charge is 2.73. The molecule has 0 radical (unpaired) electrons. The second-order valence-corrected chi connectivity index (χ2v) is 10.4. The van der Waals surface area contributed by atoms with Crippen LogP contribution in [0.2, 0.25) is 0 Å². The number of fused-ring (bicyclic) bond motifs is 3. The number of hydrogen-bond donors (Lipinski definition) is 1. The first-order valence-electron chi connectivity index (χ1n) is 10.9. The molecule has 4 unspecified atom stereocenters. The summed E-state index contributed by atoms with van der Waals surface area (Å²) >= 11 is 0. The van der Waals surface area contributed by atoms with Gasteiger partial charge in [-0.25, -0.2) is 13.3 Å². The molecule has 0 saturated heterocycles. The van der Waals surface area contributed by atoms with Crippen molar-refractivity contribution in [2.24, 2.45) is 18.9 Å². The van der Waals surface area contributed by atoms with Crippen molar-refractivity contribution in [3.8, 4) is 0 Å². The van der Waals surface area contributed by atoms with Crippen molar-refractivity contribution in [1.82, 2.24) is 14.5 Å². The monoisotopic (exact) mass is 511 g/mol. The van der Waals surface area contributed by atoms with Gasteiger partial charge in [-0.05, 0) is 61.5 Å². The molecule has 4 rings (SSSR count). The van der Waals surface area contributed by atoms with Crippen molar-refractivity contribution >= 4 is 11.0 Å². The van der Waals surface area contributed by atoms with Gasteiger partial charge < -0.3 is 0 Å². The highest BCUT2D eigenvalue weighted by atomic mass is 32.2. The zero-order chi connectivity index (χ0) is 25.1. The quantitative estimate of drug-likeness (QED) is 0.542. The smallest absolute Gasteiger partial charge is 0.275 e. The Labute approximate surface area is 194 Å². The molecule has 0 aliphatic heterocycles. The van der Waals surface area contributed by atoms with Gasteiger partial charge in [0.15, 0.2) is 0 Å². The van der Waals surface area contributed by atoms with E-state index in [1.54, 1.807) is 17.9 Å². The number of aryl methyl sites for hydroxylation is 2. The van der Waals surface area contributed by atoms with Gasteiger partial charge in [0.25, 0.3) is 0 Å². The molecule has 0 bridgehead atoms. The minimum atomic E-state index is -6.12. The molecule has 0 amide bonds. The van der Waals surface area contributed by atoms with Crippen LogP contribution in [0.15, 0.2) is 35.5 Å². The minimum Gasteiger partial charge on any atom is -0.275 e. The van der Waals surface area contributed by atoms with Crippen molar-refractivity contribution in [3.63, 3.8) is 0 Å². The molecule has 4 nitrogen and oxygen atoms in total. The number of hydrogen-bond acceptors (Lipinski definition) is 2. The largest absolute Gasteiger partial charge is 0.435 e. The van der Waals surface area contributed by atoms with Crippen molar-refractivity contribution < 1.29 is 34.9 Å². The standard InChI is InChI=1S/C22H24F7N3OS/c1-12(31-34(33)15-10-30-32(2)11-15)16-7-8-19-17-6-4-14(9-13(17)3-5-18(16)19)20(23,21(24,25)26)22(27,28)29/h4,6,9-12,16,18-19,31H,3,5,7-8H2,1-2H3/t12?,16-,18?,19?,34?/m0/s1. The van der Waals surface area contributed by atoms with E-state index in [1.807, 2.05) is 6.92 Å². The summed E-state index contributed by atoms with van der Waals surface area (Å²) in [7, 11) is 0.251. The van der Waals surface area contributed by atoms with Crippen LogP contribution in [0.4, 0.5) is 30.7 Å². The van der Waals surface area contributed by atoms with Crippen LogP contribution in [-0.2, 0) is 30.1 Å². The van der Waals surface area contributed by atoms with Gasteiger partial charge in [-0.1, -0.05) is 18.2 Å². The Hall–Kier alpha value is -1.95. The third-order valence-electron chi connectivity index (χ3n) is 7.18. The highest BCUT2D eigenvalue weighted by molar-refractivity contribution is 7.83. The van der Waals surface area contributed by atoms with Crippen LogP contribution in [0.5, 0.6) is 0 Å². The Kier molecular flexibility index (Phi) is 6.37. The van der Waals surface area contributed by atoms with E-state index in [1.165, 1.54) is 12.3 Å². The maximum Gasteiger partial charge on any atom is 0.435 e. The molecule has 12 heteroatoms. The van der Waals surface area contributed by atoms with Crippen molar-refractivity contribution in [1.29, 1.82) is 0 Å². The van der Waals surface area contributed by atoms with Gasteiger partial charge in [0.2, 0.25) is 0 Å². The zero-order valence-electron chi connectivity index (χ0n) is 18.4. The Morgan fingerprint density at radius 1 is 1.09 bits per heavy atom. The van der Waals surface area contributed by atoms with Gasteiger partial charge in [0.05, 0.1) is 11.1 Å². The number of rotatable bonds is 5. The molecule has 1 aromatic carbocycles. The molecule has 1 heterocycles. The summed E-state index contributed by atoms with van der Waals surface area (Å²) in [4.78, 5) is 0.537. The summed E-state index contributed by atoms with van der Waals surface area (Å²) in [6.45, 7) is 1.92. The molecule has 2 aromatic rings. The molecule has 1 fully saturated rings. The summed E-state index contributed by atoms with van der Waals surface area (Å²) in [5.41, 5.74) is -5.84. The fourth-order valence-corrected chi connectivity index (χ4v) is 6.59. The lowest BCUT2D eigenvalue weighted by Crippen LogP contribution is -2.50. The van der Waals surface area contributed by atoms with E-state index < -0.39 is 34.6 Å². The number of halogens is 7. The first-order chi connectivity index (χ1) is 15.7. The fourth-order valence-electron chi connectivity index (χ4n) is 5.55. The van der Waals surface area contributed by atoms with Crippen LogP contribution in [0.1, 0.15) is 48.8 Å². The second kappa shape index (κ2) is 8.61. The molecule has 34 heavy (non-hydrogen) atoms. The van der Waals surface area contributed by atoms with Gasteiger partial charge >= 0.3 is 18.0 Å². The molecule has 5 atom stereocenters. The number of benzene rings is 1. The van der Waals surface area contributed by atoms with Gasteiger partial charge in [0, 0.05) is 24.8 Å². The summed E-state index contributed by atoms with van der Waals surface area (Å²) in [5.74, 6) is 0.209. The third-order valence-corrected chi connectivity index (χ3v) is 8.40. The summed E-state index contributed by atoms with van der Waals surface area (Å²) in [5, 5.41) is 4.00. The van der Waals surface area contributed by atoms with E-state index >= 15 is 0 Å². The molecule has 1 saturated carbocycles. The normalized spacial score (nSPS) is 25.0. The Bertz CT molecular complexity index is 1070. The summed E-state index contributed by atoms with van der Waals surface area (Å²) in [6.07, 6.45) is -6.82. The van der Waals surface area contributed by atoms with Gasteiger partial charge in [-0.15, -0.1) is 0 Å². The minimum absolute atomic E-state index is 0.0512. The van der Waals surface area contributed by atoms with Crippen molar-refractivity contribution in [2.45, 2.75) is 67.5 Å². The predicted molar refractivity (Wildman–Crippen MR) is 111 cm³/mol. The molecule has 188 valence electrons. The molecule has 0 spiro atoms. The Morgan fingerprint density at radius 3 is 2.35 bits per heavy atom. The summed E-state index contributed by atoms with van der Waals surface area (Å²) < 4.78 is 111. The van der Waals surface area contributed by atoms with E-state index in [0.717, 1.165) is 12.5 Å². The molecular formula is C22H24F7N3OS. The molecule has 1 N–H and O–H groups in total. The van der Waals surface area contributed by atoms with Crippen LogP contribution in [-0.4, -0.2) is 32.4 Å². The zero-order valence-corrected chi connectivity index (χ0v) is 19.2. The molecular weight excluding hydrogens is 487 g/mol. The topological polar surface area (TPSA) is 46.9 Å². The lowest BCUT2D eigenvalue weighted by molar-refractivity contribution is -0.348. The predicted octanol–water partition coefficient (Wildman–Crippen LogP) is 5.47. The fraction of sp³-hybridized carbons (Fsp3) is 0.591. The molecule has 1 aromatic heterocycles. The first-order valence-corrected chi connectivity index (χ1v) is 12.0. The van der Waals surface area contributed by atoms with Crippen LogP contribution in [0.25, 0.3) is 0 Å². The summed E-state index contributed by atoms with van der Waals surface area (Å²) in [6, 6.07) is 2.45. The van der Waals surface area contributed by atoms with Crippen molar-refractivity contribution in [2.75, 3.05) is 0 Å². The van der Waals surface area contributed by atoms with E-state index in [9.17, 15) is 34.9 Å². The lowest BCUT2D eigenvalue weighted by Gasteiger charge is -2.35. The van der Waals surface area contributed by atoms with Gasteiger partial charge in [-0.3, -0.25) is 4.68 Å². The maximum atomic E-state index is 14.5. The van der Waals surface area contributed by atoms with E-state index in [0.29, 0.717) is 34.9 Å². The van der Waals surface area contributed by atoms with Crippen LogP contribution in [0, 0.1) is 11.8 Å². The van der Waals surface area contributed by atoms with Crippen LogP contribution < -0.4 is 4.72 Å². The average molecular weight is 512 g/mol. The SMILES string of the molecule is CC(NS(=O)c1cnn(C)c1)[C@@H]1CCC2c3ccc(C(F)(C(F)(F)F)C(F)(F)F)cc3CCC21. The van der Waals surface area contributed by atoms with E-state index in [-0.39, 0.29) is 30.2 Å². The number of nitrogens with zero attached hydrogens (tertiary/aromatic N) is 2. The Morgan fingerprint density at radius 2 is 1.76 bits per heavy atom. The number of aromatic nitrogens is 2. The molecule has 2 aliphatic carbocycles. The average Bonchev–Trinajstić information content (AvgIpc) is 3.37. The number of nitrogens with one attached hydrogen (secondary N) is 1. The second-order valence-electron chi connectivity index (χ2n) is 9.14. The van der Waals surface area contributed by atoms with E-state index in [2.05, 4.69) is 9.82 Å². The Balaban J connectivity index is 1.55. The van der Waals surface area contributed by atoms with Gasteiger partial charge in [-0.2, -0.15) is 31.4 Å². The maximum absolute atomic E-state index is 14.5. The number of alkyl halides is 7. The molecule has 2 aliphatic rings. The van der Waals surface area contributed by atoms with Crippen LogP contribution >= 0.6 is 0 Å². The highest BCUT2D eigenvalue weighted by Crippen LogP contribution is 2.55. The van der Waals surface area contributed by atoms with Gasteiger partial charge in [0.1, 0.15) is 11.0 Å². The first kappa shape index (κ1) is 25.2. The lowest BCUT2D eigenvalue weighted by atomic mass is 9.72. The van der Waals surface area contributed by atoms with Crippen molar-refractivity contribution in [3.05, 3.63) is 47.3 Å². The third kappa shape index (κ3) is 4.16. The van der Waals surface area contributed by atoms with E-state index in [4.69, 9.17) is 0 Å².